The van der Waals surface area contributed by atoms with E-state index in [1.807, 2.05) is 12.1 Å². The van der Waals surface area contributed by atoms with Crippen LogP contribution < -0.4 is 5.73 Å². The van der Waals surface area contributed by atoms with Gasteiger partial charge in [-0.25, -0.2) is 4.39 Å². The van der Waals surface area contributed by atoms with E-state index in [1.165, 1.54) is 0 Å². The fourth-order valence-corrected chi connectivity index (χ4v) is 2.06. The first-order valence-electron chi connectivity index (χ1n) is 6.33. The Labute approximate surface area is 109 Å². The van der Waals surface area contributed by atoms with Crippen LogP contribution in [0.1, 0.15) is 25.0 Å². The summed E-state index contributed by atoms with van der Waals surface area (Å²) in [4.78, 5) is 2.18. The second kappa shape index (κ2) is 7.46. The smallest absolute Gasteiger partial charge is 0.132 e. The molecule has 0 radical (unpaired) electrons. The summed E-state index contributed by atoms with van der Waals surface area (Å²) in [7, 11) is 1.68. The maximum absolute atomic E-state index is 14.1. The minimum Gasteiger partial charge on any atom is -0.383 e. The Balaban J connectivity index is 2.81. The Bertz CT molecular complexity index is 371. The van der Waals surface area contributed by atoms with Crippen molar-refractivity contribution in [3.63, 3.8) is 0 Å². The molecule has 0 fully saturated rings. The van der Waals surface area contributed by atoms with Crippen LogP contribution in [0.4, 0.5) is 4.39 Å². The van der Waals surface area contributed by atoms with Crippen molar-refractivity contribution in [2.24, 2.45) is 5.73 Å². The molecular weight excluding hydrogens is 231 g/mol. The molecular formula is C14H23FN2O. The van der Waals surface area contributed by atoms with Gasteiger partial charge >= 0.3 is 0 Å². The summed E-state index contributed by atoms with van der Waals surface area (Å²) < 4.78 is 19.2. The predicted molar refractivity (Wildman–Crippen MR) is 71.7 cm³/mol. The molecule has 1 aromatic rings. The van der Waals surface area contributed by atoms with Gasteiger partial charge in [-0.15, -0.1) is 0 Å². The van der Waals surface area contributed by atoms with E-state index in [0.29, 0.717) is 24.3 Å². The van der Waals surface area contributed by atoms with Crippen LogP contribution >= 0.6 is 0 Å². The third kappa shape index (κ3) is 3.77. The third-order valence-corrected chi connectivity index (χ3v) is 3.19. The van der Waals surface area contributed by atoms with Crippen molar-refractivity contribution in [3.05, 3.63) is 35.1 Å². The number of hydrogen-bond acceptors (Lipinski definition) is 3. The lowest BCUT2D eigenvalue weighted by Crippen LogP contribution is -2.35. The fourth-order valence-electron chi connectivity index (χ4n) is 2.06. The molecule has 3 nitrogen and oxygen atoms in total. The summed E-state index contributed by atoms with van der Waals surface area (Å²) in [6.45, 7) is 6.47. The van der Waals surface area contributed by atoms with E-state index in [-0.39, 0.29) is 18.4 Å². The summed E-state index contributed by atoms with van der Waals surface area (Å²) in [6, 6.07) is 5.67. The molecule has 2 N–H and O–H groups in total. The zero-order valence-corrected chi connectivity index (χ0v) is 11.4. The third-order valence-electron chi connectivity index (χ3n) is 3.19. The minimum atomic E-state index is -0.178. The van der Waals surface area contributed by atoms with Crippen LogP contribution in [-0.4, -0.2) is 31.2 Å². The lowest BCUT2D eigenvalue weighted by molar-refractivity contribution is 0.0974. The summed E-state index contributed by atoms with van der Waals surface area (Å²) in [5.74, 6) is -0.178. The number of nitrogens with two attached hydrogens (primary N) is 1. The van der Waals surface area contributed by atoms with Gasteiger partial charge in [-0.2, -0.15) is 0 Å². The van der Waals surface area contributed by atoms with Crippen LogP contribution in [0.5, 0.6) is 0 Å². The first kappa shape index (κ1) is 15.1. The van der Waals surface area contributed by atoms with Crippen LogP contribution in [0.15, 0.2) is 18.2 Å². The quantitative estimate of drug-likeness (QED) is 0.810. The molecule has 0 spiro atoms. The maximum atomic E-state index is 14.1. The van der Waals surface area contributed by atoms with Crippen molar-refractivity contribution in [3.8, 4) is 0 Å². The molecule has 4 heteroatoms. The highest BCUT2D eigenvalue weighted by molar-refractivity contribution is 5.25. The van der Waals surface area contributed by atoms with Crippen molar-refractivity contribution < 1.29 is 9.13 Å². The monoisotopic (exact) mass is 254 g/mol. The number of rotatable bonds is 7. The van der Waals surface area contributed by atoms with Crippen molar-refractivity contribution >= 4 is 0 Å². The van der Waals surface area contributed by atoms with Crippen LogP contribution in [-0.2, 0) is 17.8 Å². The first-order valence-corrected chi connectivity index (χ1v) is 6.33. The van der Waals surface area contributed by atoms with Crippen molar-refractivity contribution in [2.45, 2.75) is 33.0 Å². The molecule has 1 unspecified atom stereocenters. The van der Waals surface area contributed by atoms with Crippen LogP contribution in [0.25, 0.3) is 0 Å². The zero-order chi connectivity index (χ0) is 13.5. The SMILES string of the molecule is CCN(Cc1cccc(CN)c1F)C(C)COC. The predicted octanol–water partition coefficient (Wildman–Crippen LogP) is 2.14. The number of ether oxygens (including phenoxy) is 1. The Morgan fingerprint density at radius 2 is 2.06 bits per heavy atom. The molecule has 0 aliphatic carbocycles. The Kier molecular flexibility index (Phi) is 6.25. The minimum absolute atomic E-state index is 0.178. The van der Waals surface area contributed by atoms with Gasteiger partial charge in [0.05, 0.1) is 6.61 Å². The fraction of sp³-hybridized carbons (Fsp3) is 0.571. The average Bonchev–Trinajstić information content (AvgIpc) is 2.37. The summed E-state index contributed by atoms with van der Waals surface area (Å²) in [5.41, 5.74) is 6.79. The molecule has 0 amide bonds. The van der Waals surface area contributed by atoms with Gasteiger partial charge in [0.1, 0.15) is 5.82 Å². The number of hydrogen-bond donors (Lipinski definition) is 1. The molecule has 0 saturated heterocycles. The molecule has 1 rings (SSSR count). The van der Waals surface area contributed by atoms with Gasteiger partial charge < -0.3 is 10.5 Å². The van der Waals surface area contributed by atoms with Gasteiger partial charge in [0.15, 0.2) is 0 Å². The molecule has 102 valence electrons. The number of likely N-dealkylation sites (N-methyl/N-ethyl adjacent to an activating group) is 1. The van der Waals surface area contributed by atoms with Gasteiger partial charge in [0.2, 0.25) is 0 Å². The van der Waals surface area contributed by atoms with Crippen molar-refractivity contribution in [1.82, 2.24) is 4.90 Å². The molecule has 1 aromatic carbocycles. The van der Waals surface area contributed by atoms with Gasteiger partial charge in [-0.1, -0.05) is 25.1 Å². The molecule has 0 heterocycles. The number of halogens is 1. The molecule has 0 aromatic heterocycles. The molecule has 0 saturated carbocycles. The van der Waals surface area contributed by atoms with Gasteiger partial charge in [0.25, 0.3) is 0 Å². The average molecular weight is 254 g/mol. The molecule has 0 bridgehead atoms. The Morgan fingerprint density at radius 1 is 1.39 bits per heavy atom. The van der Waals surface area contributed by atoms with Gasteiger partial charge in [-0.05, 0) is 13.5 Å². The first-order chi connectivity index (χ1) is 8.63. The lowest BCUT2D eigenvalue weighted by atomic mass is 10.1. The highest BCUT2D eigenvalue weighted by Gasteiger charge is 2.15. The van der Waals surface area contributed by atoms with Gasteiger partial charge in [-0.3, -0.25) is 4.90 Å². The highest BCUT2D eigenvalue weighted by Crippen LogP contribution is 2.16. The van der Waals surface area contributed by atoms with Crippen LogP contribution in [0.3, 0.4) is 0 Å². The van der Waals surface area contributed by atoms with Gasteiger partial charge in [0, 0.05) is 37.4 Å². The van der Waals surface area contributed by atoms with Crippen LogP contribution in [0.2, 0.25) is 0 Å². The zero-order valence-electron chi connectivity index (χ0n) is 11.4. The largest absolute Gasteiger partial charge is 0.383 e. The number of nitrogens with zero attached hydrogens (tertiary/aromatic N) is 1. The molecule has 18 heavy (non-hydrogen) atoms. The van der Waals surface area contributed by atoms with E-state index in [2.05, 4.69) is 18.7 Å². The van der Waals surface area contributed by atoms with Crippen LogP contribution in [0, 0.1) is 5.82 Å². The molecule has 0 aliphatic rings. The Morgan fingerprint density at radius 3 is 2.61 bits per heavy atom. The maximum Gasteiger partial charge on any atom is 0.132 e. The van der Waals surface area contributed by atoms with E-state index >= 15 is 0 Å². The number of methoxy groups -OCH3 is 1. The lowest BCUT2D eigenvalue weighted by Gasteiger charge is -2.27. The Hall–Kier alpha value is -0.970. The van der Waals surface area contributed by atoms with Crippen molar-refractivity contribution in [2.75, 3.05) is 20.3 Å². The van der Waals surface area contributed by atoms with E-state index in [9.17, 15) is 4.39 Å². The topological polar surface area (TPSA) is 38.5 Å². The second-order valence-corrected chi connectivity index (χ2v) is 4.46. The standard InChI is InChI=1S/C14H23FN2O/c1-4-17(11(2)10-18-3)9-13-7-5-6-12(8-16)14(13)15/h5-7,11H,4,8-10,16H2,1-3H3. The summed E-state index contributed by atoms with van der Waals surface area (Å²) >= 11 is 0. The molecule has 0 aliphatic heterocycles. The number of benzene rings is 1. The normalized spacial score (nSPS) is 13.0. The highest BCUT2D eigenvalue weighted by atomic mass is 19.1. The summed E-state index contributed by atoms with van der Waals surface area (Å²) in [6.07, 6.45) is 0. The van der Waals surface area contributed by atoms with E-state index in [0.717, 1.165) is 6.54 Å². The molecule has 1 atom stereocenters. The van der Waals surface area contributed by atoms with Crippen molar-refractivity contribution in [1.29, 1.82) is 0 Å². The van der Waals surface area contributed by atoms with E-state index < -0.39 is 0 Å². The van der Waals surface area contributed by atoms with E-state index in [4.69, 9.17) is 10.5 Å². The van der Waals surface area contributed by atoms with E-state index in [1.54, 1.807) is 13.2 Å². The second-order valence-electron chi connectivity index (χ2n) is 4.46. The summed E-state index contributed by atoms with van der Waals surface area (Å²) in [5, 5.41) is 0.